The molecule has 126 valence electrons. The average molecular weight is 335 g/mol. The quantitative estimate of drug-likeness (QED) is 0.587. The van der Waals surface area contributed by atoms with Gasteiger partial charge in [-0.15, -0.1) is 0 Å². The van der Waals surface area contributed by atoms with Crippen LogP contribution in [0.3, 0.4) is 0 Å². The molecule has 1 aromatic carbocycles. The van der Waals surface area contributed by atoms with Crippen molar-refractivity contribution in [3.05, 3.63) is 72.2 Å². The molecule has 0 unspecified atom stereocenters. The SMILES string of the molecule is C[C@@H](NC(=O)c1ccc(Cn2cccn2)o1)c1nc2ccccc2[nH]1. The van der Waals surface area contributed by atoms with E-state index in [1.807, 2.05) is 43.5 Å². The van der Waals surface area contributed by atoms with Crippen LogP contribution in [0.5, 0.6) is 0 Å². The van der Waals surface area contributed by atoms with Crippen LogP contribution in [-0.4, -0.2) is 25.7 Å². The topological polar surface area (TPSA) is 88.7 Å². The number of para-hydroxylation sites is 2. The van der Waals surface area contributed by atoms with Gasteiger partial charge < -0.3 is 14.7 Å². The molecule has 0 saturated heterocycles. The Hall–Kier alpha value is -3.35. The highest BCUT2D eigenvalue weighted by Crippen LogP contribution is 2.16. The maximum atomic E-state index is 12.4. The summed E-state index contributed by atoms with van der Waals surface area (Å²) in [5, 5.41) is 7.01. The number of rotatable bonds is 5. The highest BCUT2D eigenvalue weighted by Gasteiger charge is 2.17. The third-order valence-corrected chi connectivity index (χ3v) is 3.93. The molecule has 1 atom stereocenters. The molecule has 7 heteroatoms. The molecule has 0 aliphatic rings. The number of amides is 1. The van der Waals surface area contributed by atoms with E-state index in [0.29, 0.717) is 18.1 Å². The lowest BCUT2D eigenvalue weighted by atomic mass is 10.3. The molecule has 3 heterocycles. The van der Waals surface area contributed by atoms with Gasteiger partial charge in [-0.25, -0.2) is 4.98 Å². The number of carbonyl (C=O) groups is 1. The second-order valence-corrected chi connectivity index (χ2v) is 5.80. The van der Waals surface area contributed by atoms with Crippen LogP contribution in [0.1, 0.15) is 35.1 Å². The largest absolute Gasteiger partial charge is 0.454 e. The summed E-state index contributed by atoms with van der Waals surface area (Å²) in [4.78, 5) is 20.1. The molecule has 7 nitrogen and oxygen atoms in total. The van der Waals surface area contributed by atoms with Gasteiger partial charge in [0.1, 0.15) is 11.6 Å². The monoisotopic (exact) mass is 335 g/mol. The number of hydrogen-bond donors (Lipinski definition) is 2. The van der Waals surface area contributed by atoms with Crippen LogP contribution in [0.2, 0.25) is 0 Å². The Morgan fingerprint density at radius 1 is 1.28 bits per heavy atom. The number of furan rings is 1. The standard InChI is InChI=1S/C18H17N5O2/c1-12(17-21-14-5-2-3-6-15(14)22-17)20-18(24)16-8-7-13(25-16)11-23-10-4-9-19-23/h2-10,12H,11H2,1H3,(H,20,24)(H,21,22)/t12-/m1/s1. The summed E-state index contributed by atoms with van der Waals surface area (Å²) in [7, 11) is 0. The van der Waals surface area contributed by atoms with Gasteiger partial charge in [0.2, 0.25) is 0 Å². The summed E-state index contributed by atoms with van der Waals surface area (Å²) >= 11 is 0. The predicted molar refractivity (Wildman–Crippen MR) is 92.0 cm³/mol. The van der Waals surface area contributed by atoms with Crippen LogP contribution < -0.4 is 5.32 Å². The minimum Gasteiger partial charge on any atom is -0.454 e. The molecule has 1 amide bonds. The van der Waals surface area contributed by atoms with Gasteiger partial charge >= 0.3 is 0 Å². The predicted octanol–water partition coefficient (Wildman–Crippen LogP) is 2.89. The van der Waals surface area contributed by atoms with Crippen molar-refractivity contribution in [1.82, 2.24) is 25.1 Å². The maximum Gasteiger partial charge on any atom is 0.287 e. The summed E-state index contributed by atoms with van der Waals surface area (Å²) in [6.07, 6.45) is 3.54. The van der Waals surface area contributed by atoms with E-state index in [1.54, 1.807) is 23.0 Å². The highest BCUT2D eigenvalue weighted by atomic mass is 16.4. The van der Waals surface area contributed by atoms with Crippen LogP contribution in [0.4, 0.5) is 0 Å². The van der Waals surface area contributed by atoms with E-state index in [1.165, 1.54) is 0 Å². The van der Waals surface area contributed by atoms with Crippen molar-refractivity contribution in [2.75, 3.05) is 0 Å². The Kier molecular flexibility index (Phi) is 3.81. The number of benzene rings is 1. The molecule has 0 saturated carbocycles. The van der Waals surface area contributed by atoms with E-state index in [-0.39, 0.29) is 17.7 Å². The van der Waals surface area contributed by atoms with Crippen LogP contribution >= 0.6 is 0 Å². The first kappa shape index (κ1) is 15.2. The van der Waals surface area contributed by atoms with E-state index in [4.69, 9.17) is 4.42 Å². The zero-order valence-corrected chi connectivity index (χ0v) is 13.6. The third kappa shape index (κ3) is 3.16. The number of H-pyrrole nitrogens is 1. The van der Waals surface area contributed by atoms with Crippen molar-refractivity contribution in [1.29, 1.82) is 0 Å². The number of hydrogen-bond acceptors (Lipinski definition) is 4. The van der Waals surface area contributed by atoms with Crippen molar-refractivity contribution in [3.63, 3.8) is 0 Å². The normalized spacial score (nSPS) is 12.4. The van der Waals surface area contributed by atoms with E-state index in [0.717, 1.165) is 11.0 Å². The summed E-state index contributed by atoms with van der Waals surface area (Å²) < 4.78 is 7.34. The molecular weight excluding hydrogens is 318 g/mol. The van der Waals surface area contributed by atoms with Gasteiger partial charge in [-0.2, -0.15) is 5.10 Å². The van der Waals surface area contributed by atoms with Crippen molar-refractivity contribution < 1.29 is 9.21 Å². The van der Waals surface area contributed by atoms with Gasteiger partial charge in [-0.3, -0.25) is 9.48 Å². The number of nitrogens with one attached hydrogen (secondary N) is 2. The Labute approximate surface area is 143 Å². The minimum atomic E-state index is -0.278. The summed E-state index contributed by atoms with van der Waals surface area (Å²) in [5.41, 5.74) is 1.82. The molecule has 0 aliphatic heterocycles. The first-order chi connectivity index (χ1) is 12.2. The van der Waals surface area contributed by atoms with Crippen molar-refractivity contribution in [2.24, 2.45) is 0 Å². The van der Waals surface area contributed by atoms with Crippen LogP contribution in [0, 0.1) is 0 Å². The number of fused-ring (bicyclic) bond motifs is 1. The highest BCUT2D eigenvalue weighted by molar-refractivity contribution is 5.91. The average Bonchev–Trinajstić information content (AvgIpc) is 3.35. The number of carbonyl (C=O) groups excluding carboxylic acids is 1. The van der Waals surface area contributed by atoms with E-state index >= 15 is 0 Å². The first-order valence-electron chi connectivity index (χ1n) is 8.01. The minimum absolute atomic E-state index is 0.264. The van der Waals surface area contributed by atoms with Gasteiger partial charge in [0.15, 0.2) is 5.76 Å². The van der Waals surface area contributed by atoms with Crippen LogP contribution in [-0.2, 0) is 6.54 Å². The van der Waals surface area contributed by atoms with Gasteiger partial charge in [-0.05, 0) is 37.3 Å². The molecule has 0 spiro atoms. The van der Waals surface area contributed by atoms with Gasteiger partial charge in [0.05, 0.1) is 23.6 Å². The lowest BCUT2D eigenvalue weighted by Crippen LogP contribution is -2.27. The molecule has 0 radical (unpaired) electrons. The fraction of sp³-hybridized carbons (Fsp3) is 0.167. The third-order valence-electron chi connectivity index (χ3n) is 3.93. The lowest BCUT2D eigenvalue weighted by molar-refractivity contribution is 0.0908. The zero-order chi connectivity index (χ0) is 17.2. The molecular formula is C18H17N5O2. The Morgan fingerprint density at radius 3 is 2.96 bits per heavy atom. The Balaban J connectivity index is 1.45. The molecule has 25 heavy (non-hydrogen) atoms. The maximum absolute atomic E-state index is 12.4. The Bertz CT molecular complexity index is 967. The smallest absolute Gasteiger partial charge is 0.287 e. The molecule has 4 rings (SSSR count). The van der Waals surface area contributed by atoms with Crippen molar-refractivity contribution in [3.8, 4) is 0 Å². The van der Waals surface area contributed by atoms with Crippen LogP contribution in [0.15, 0.2) is 59.3 Å². The Morgan fingerprint density at radius 2 is 2.16 bits per heavy atom. The van der Waals surface area contributed by atoms with Gasteiger partial charge in [0.25, 0.3) is 5.91 Å². The molecule has 2 N–H and O–H groups in total. The van der Waals surface area contributed by atoms with E-state index in [2.05, 4.69) is 20.4 Å². The summed E-state index contributed by atoms with van der Waals surface area (Å²) in [6, 6.07) is 12.8. The molecule has 0 aliphatic carbocycles. The van der Waals surface area contributed by atoms with Crippen molar-refractivity contribution in [2.45, 2.75) is 19.5 Å². The van der Waals surface area contributed by atoms with Gasteiger partial charge in [0, 0.05) is 12.4 Å². The zero-order valence-electron chi connectivity index (χ0n) is 13.6. The summed E-state index contributed by atoms with van der Waals surface area (Å²) in [5.74, 6) is 1.37. The molecule has 0 fully saturated rings. The first-order valence-corrected chi connectivity index (χ1v) is 8.01. The second-order valence-electron chi connectivity index (χ2n) is 5.80. The van der Waals surface area contributed by atoms with Crippen molar-refractivity contribution >= 4 is 16.9 Å². The van der Waals surface area contributed by atoms with Gasteiger partial charge in [-0.1, -0.05) is 12.1 Å². The van der Waals surface area contributed by atoms with Crippen LogP contribution in [0.25, 0.3) is 11.0 Å². The summed E-state index contributed by atoms with van der Waals surface area (Å²) in [6.45, 7) is 2.36. The molecule has 4 aromatic rings. The number of aromatic nitrogens is 4. The second kappa shape index (κ2) is 6.27. The van der Waals surface area contributed by atoms with E-state index < -0.39 is 0 Å². The molecule has 3 aromatic heterocycles. The number of nitrogens with zero attached hydrogens (tertiary/aromatic N) is 3. The number of aromatic amines is 1. The van der Waals surface area contributed by atoms with E-state index in [9.17, 15) is 4.79 Å². The lowest BCUT2D eigenvalue weighted by Gasteiger charge is -2.09. The number of imidazole rings is 1. The fourth-order valence-electron chi connectivity index (χ4n) is 2.65. The fourth-order valence-corrected chi connectivity index (χ4v) is 2.65. The molecule has 0 bridgehead atoms.